The molecule has 0 saturated heterocycles. The standard InChI is InChI=1S/C19H21N7O2/c1-11(27)23-13-6-7-16(21-10-13)24-19-22-9-12-8-15(20)18(28)26(17(12)25-19)14-4-2-3-5-14/h6-10,14H,2-5,20H2,1H3,(H,23,27)(H,21,22,24,25). The van der Waals surface area contributed by atoms with Crippen LogP contribution in [0.1, 0.15) is 38.6 Å². The highest BCUT2D eigenvalue weighted by Gasteiger charge is 2.22. The fraction of sp³-hybridized carbons (Fsp3) is 0.316. The van der Waals surface area contributed by atoms with Crippen LogP contribution >= 0.6 is 0 Å². The Morgan fingerprint density at radius 2 is 2.00 bits per heavy atom. The van der Waals surface area contributed by atoms with Gasteiger partial charge in [0.2, 0.25) is 11.9 Å². The predicted octanol–water partition coefficient (Wildman–Crippen LogP) is 2.59. The maximum absolute atomic E-state index is 12.7. The van der Waals surface area contributed by atoms with E-state index in [0.717, 1.165) is 31.1 Å². The van der Waals surface area contributed by atoms with E-state index in [1.54, 1.807) is 35.2 Å². The third kappa shape index (κ3) is 3.51. The summed E-state index contributed by atoms with van der Waals surface area (Å²) in [5.74, 6) is 0.700. The van der Waals surface area contributed by atoms with Gasteiger partial charge in [-0.15, -0.1) is 0 Å². The number of hydrogen-bond acceptors (Lipinski definition) is 7. The second-order valence-electron chi connectivity index (χ2n) is 6.92. The third-order valence-corrected chi connectivity index (χ3v) is 4.81. The van der Waals surface area contributed by atoms with Crippen molar-refractivity contribution in [1.82, 2.24) is 19.5 Å². The number of aromatic nitrogens is 4. The summed E-state index contributed by atoms with van der Waals surface area (Å²) in [4.78, 5) is 36.9. The lowest BCUT2D eigenvalue weighted by atomic mass is 10.2. The molecular formula is C19H21N7O2. The molecule has 0 atom stereocenters. The molecule has 0 spiro atoms. The third-order valence-electron chi connectivity index (χ3n) is 4.81. The van der Waals surface area contributed by atoms with Gasteiger partial charge in [0.05, 0.1) is 17.6 Å². The van der Waals surface area contributed by atoms with Gasteiger partial charge < -0.3 is 16.4 Å². The molecule has 1 amide bonds. The van der Waals surface area contributed by atoms with Gasteiger partial charge in [0.15, 0.2) is 0 Å². The summed E-state index contributed by atoms with van der Waals surface area (Å²) in [6.07, 6.45) is 7.26. The number of nitrogens with two attached hydrogens (primary N) is 1. The number of carbonyl (C=O) groups is 1. The van der Waals surface area contributed by atoms with E-state index in [-0.39, 0.29) is 23.2 Å². The summed E-state index contributed by atoms with van der Waals surface area (Å²) >= 11 is 0. The molecular weight excluding hydrogens is 358 g/mol. The van der Waals surface area contributed by atoms with Crippen LogP contribution in [0.15, 0.2) is 35.4 Å². The van der Waals surface area contributed by atoms with Gasteiger partial charge in [-0.25, -0.2) is 9.97 Å². The average Bonchev–Trinajstić information content (AvgIpc) is 3.18. The molecule has 3 aromatic rings. The molecule has 3 aromatic heterocycles. The second-order valence-corrected chi connectivity index (χ2v) is 6.92. The van der Waals surface area contributed by atoms with Crippen molar-refractivity contribution in [3.8, 4) is 0 Å². The summed E-state index contributed by atoms with van der Waals surface area (Å²) in [6, 6.07) is 5.17. The van der Waals surface area contributed by atoms with Gasteiger partial charge in [-0.05, 0) is 31.0 Å². The SMILES string of the molecule is CC(=O)Nc1ccc(Nc2ncc3cc(N)c(=O)n(C4CCCC4)c3n2)nc1. The Bertz CT molecular complexity index is 1090. The van der Waals surface area contributed by atoms with E-state index in [4.69, 9.17) is 5.73 Å². The minimum Gasteiger partial charge on any atom is -0.394 e. The molecule has 144 valence electrons. The summed E-state index contributed by atoms with van der Waals surface area (Å²) in [5.41, 5.74) is 7.09. The molecule has 28 heavy (non-hydrogen) atoms. The molecule has 1 aliphatic carbocycles. The molecule has 1 saturated carbocycles. The molecule has 3 heterocycles. The highest BCUT2D eigenvalue weighted by molar-refractivity contribution is 5.88. The topological polar surface area (TPSA) is 128 Å². The van der Waals surface area contributed by atoms with Gasteiger partial charge in [-0.2, -0.15) is 4.98 Å². The van der Waals surface area contributed by atoms with E-state index in [1.165, 1.54) is 6.92 Å². The average molecular weight is 379 g/mol. The van der Waals surface area contributed by atoms with Crippen LogP contribution in [0.3, 0.4) is 0 Å². The van der Waals surface area contributed by atoms with Crippen molar-refractivity contribution in [2.45, 2.75) is 38.6 Å². The Labute approximate surface area is 161 Å². The van der Waals surface area contributed by atoms with Gasteiger partial charge in [-0.1, -0.05) is 12.8 Å². The van der Waals surface area contributed by atoms with E-state index < -0.39 is 0 Å². The zero-order valence-electron chi connectivity index (χ0n) is 15.5. The number of nitrogen functional groups attached to an aromatic ring is 1. The minimum atomic E-state index is -0.207. The van der Waals surface area contributed by atoms with Gasteiger partial charge in [0, 0.05) is 24.5 Å². The van der Waals surface area contributed by atoms with Crippen LogP contribution in [-0.4, -0.2) is 25.4 Å². The minimum absolute atomic E-state index is 0.108. The van der Waals surface area contributed by atoms with Crippen molar-refractivity contribution in [2.24, 2.45) is 0 Å². The summed E-state index contributed by atoms with van der Waals surface area (Å²) in [7, 11) is 0. The van der Waals surface area contributed by atoms with E-state index >= 15 is 0 Å². The van der Waals surface area contributed by atoms with E-state index in [2.05, 4.69) is 25.6 Å². The number of rotatable bonds is 4. The molecule has 9 heteroatoms. The fourth-order valence-corrected chi connectivity index (χ4v) is 3.56. The molecule has 4 rings (SSSR count). The van der Waals surface area contributed by atoms with E-state index in [1.807, 2.05) is 0 Å². The number of fused-ring (bicyclic) bond motifs is 1. The van der Waals surface area contributed by atoms with Crippen molar-refractivity contribution < 1.29 is 4.79 Å². The number of amides is 1. The maximum Gasteiger partial charge on any atom is 0.275 e. The van der Waals surface area contributed by atoms with Crippen molar-refractivity contribution >= 4 is 40.1 Å². The monoisotopic (exact) mass is 379 g/mol. The zero-order chi connectivity index (χ0) is 19.7. The van der Waals surface area contributed by atoms with E-state index in [0.29, 0.717) is 23.1 Å². The maximum atomic E-state index is 12.7. The molecule has 0 aromatic carbocycles. The van der Waals surface area contributed by atoms with Crippen LogP contribution in [-0.2, 0) is 4.79 Å². The van der Waals surface area contributed by atoms with Crippen LogP contribution in [0.25, 0.3) is 11.0 Å². The molecule has 0 radical (unpaired) electrons. The number of nitrogens with zero attached hydrogens (tertiary/aromatic N) is 4. The Morgan fingerprint density at radius 1 is 1.21 bits per heavy atom. The summed E-state index contributed by atoms with van der Waals surface area (Å²) in [6.45, 7) is 1.44. The normalized spacial score (nSPS) is 14.3. The number of anilines is 4. The lowest BCUT2D eigenvalue weighted by Gasteiger charge is -2.17. The largest absolute Gasteiger partial charge is 0.394 e. The zero-order valence-corrected chi connectivity index (χ0v) is 15.5. The smallest absolute Gasteiger partial charge is 0.275 e. The number of carbonyl (C=O) groups excluding carboxylic acids is 1. The first-order valence-corrected chi connectivity index (χ1v) is 9.20. The summed E-state index contributed by atoms with van der Waals surface area (Å²) < 4.78 is 1.71. The van der Waals surface area contributed by atoms with E-state index in [9.17, 15) is 9.59 Å². The molecule has 0 bridgehead atoms. The Balaban J connectivity index is 1.69. The highest BCUT2D eigenvalue weighted by Crippen LogP contribution is 2.31. The van der Waals surface area contributed by atoms with Crippen molar-refractivity contribution in [1.29, 1.82) is 0 Å². The molecule has 4 N–H and O–H groups in total. The number of nitrogens with one attached hydrogen (secondary N) is 2. The van der Waals surface area contributed by atoms with Gasteiger partial charge in [0.25, 0.3) is 5.56 Å². The van der Waals surface area contributed by atoms with Gasteiger partial charge in [0.1, 0.15) is 11.5 Å². The van der Waals surface area contributed by atoms with Crippen LogP contribution < -0.4 is 21.9 Å². The number of hydrogen-bond donors (Lipinski definition) is 3. The van der Waals surface area contributed by atoms with Crippen molar-refractivity contribution in [3.05, 3.63) is 40.9 Å². The second kappa shape index (κ2) is 7.26. The Hall–Kier alpha value is -3.49. The van der Waals surface area contributed by atoms with Crippen molar-refractivity contribution in [2.75, 3.05) is 16.4 Å². The Morgan fingerprint density at radius 3 is 2.68 bits per heavy atom. The van der Waals surface area contributed by atoms with Crippen molar-refractivity contribution in [3.63, 3.8) is 0 Å². The first-order valence-electron chi connectivity index (χ1n) is 9.20. The molecule has 9 nitrogen and oxygen atoms in total. The van der Waals surface area contributed by atoms with Crippen LogP contribution in [0.4, 0.5) is 23.1 Å². The lowest BCUT2D eigenvalue weighted by Crippen LogP contribution is -2.27. The van der Waals surface area contributed by atoms with Crippen LogP contribution in [0, 0.1) is 0 Å². The quantitative estimate of drug-likeness (QED) is 0.635. The lowest BCUT2D eigenvalue weighted by molar-refractivity contribution is -0.114. The highest BCUT2D eigenvalue weighted by atomic mass is 16.1. The first-order chi connectivity index (χ1) is 13.5. The predicted molar refractivity (Wildman–Crippen MR) is 108 cm³/mol. The van der Waals surface area contributed by atoms with Gasteiger partial charge in [-0.3, -0.25) is 14.2 Å². The van der Waals surface area contributed by atoms with Crippen LogP contribution in [0.2, 0.25) is 0 Å². The molecule has 0 unspecified atom stereocenters. The first kappa shape index (κ1) is 17.9. The molecule has 0 aliphatic heterocycles. The Kier molecular flexibility index (Phi) is 4.64. The fourth-order valence-electron chi connectivity index (χ4n) is 3.56. The van der Waals surface area contributed by atoms with Crippen LogP contribution in [0.5, 0.6) is 0 Å². The number of pyridine rings is 2. The van der Waals surface area contributed by atoms with Gasteiger partial charge >= 0.3 is 0 Å². The molecule has 1 fully saturated rings. The molecule has 1 aliphatic rings. The summed E-state index contributed by atoms with van der Waals surface area (Å²) in [5, 5.41) is 6.42.